The van der Waals surface area contributed by atoms with E-state index in [1.165, 1.54) is 12.8 Å². The molecular formula is C15H22BBrN2O2. The zero-order valence-corrected chi connectivity index (χ0v) is 14.7. The first kappa shape index (κ1) is 15.3. The van der Waals surface area contributed by atoms with Gasteiger partial charge in [-0.05, 0) is 74.1 Å². The molecular weight excluding hydrogens is 331 g/mol. The number of pyridine rings is 1. The standard InChI is InChI=1S/C15H22BBrN2O2/c1-14(2)15(3,4)21-16(20-14)11-9-12(17)18-13(10-11)19-7-5-6-8-19/h9-10H,5-8H2,1-4H3. The Hall–Kier alpha value is -0.585. The maximum atomic E-state index is 6.13. The van der Waals surface area contributed by atoms with Gasteiger partial charge in [-0.1, -0.05) is 0 Å². The van der Waals surface area contributed by atoms with Crippen LogP contribution in [0.4, 0.5) is 5.82 Å². The van der Waals surface area contributed by atoms with Crippen molar-refractivity contribution < 1.29 is 9.31 Å². The fourth-order valence-corrected chi connectivity index (χ4v) is 3.17. The Kier molecular flexibility index (Phi) is 3.83. The van der Waals surface area contributed by atoms with Crippen molar-refractivity contribution in [2.75, 3.05) is 18.0 Å². The van der Waals surface area contributed by atoms with Crippen molar-refractivity contribution >= 4 is 34.3 Å². The summed E-state index contributed by atoms with van der Waals surface area (Å²) in [5.41, 5.74) is 0.389. The number of rotatable bonds is 2. The summed E-state index contributed by atoms with van der Waals surface area (Å²) in [6.45, 7) is 10.4. The lowest BCUT2D eigenvalue weighted by atomic mass is 9.79. The number of aromatic nitrogens is 1. The van der Waals surface area contributed by atoms with Crippen LogP contribution in [0.15, 0.2) is 16.7 Å². The molecule has 0 N–H and O–H groups in total. The average Bonchev–Trinajstić information content (AvgIpc) is 2.96. The first-order valence-electron chi connectivity index (χ1n) is 7.57. The Morgan fingerprint density at radius 2 is 1.67 bits per heavy atom. The van der Waals surface area contributed by atoms with Crippen LogP contribution in [0.1, 0.15) is 40.5 Å². The molecule has 2 aliphatic rings. The van der Waals surface area contributed by atoms with Crippen LogP contribution in [0, 0.1) is 0 Å². The average molecular weight is 353 g/mol. The van der Waals surface area contributed by atoms with E-state index in [9.17, 15) is 0 Å². The second-order valence-corrected chi connectivity index (χ2v) is 7.68. The molecule has 0 bridgehead atoms. The van der Waals surface area contributed by atoms with Crippen molar-refractivity contribution in [1.82, 2.24) is 4.98 Å². The molecule has 1 aromatic rings. The van der Waals surface area contributed by atoms with Crippen molar-refractivity contribution in [1.29, 1.82) is 0 Å². The highest BCUT2D eigenvalue weighted by atomic mass is 79.9. The second kappa shape index (κ2) is 5.25. The fraction of sp³-hybridized carbons (Fsp3) is 0.667. The van der Waals surface area contributed by atoms with Gasteiger partial charge in [0.05, 0.1) is 11.2 Å². The number of halogens is 1. The molecule has 114 valence electrons. The highest BCUT2D eigenvalue weighted by Gasteiger charge is 2.51. The van der Waals surface area contributed by atoms with Gasteiger partial charge < -0.3 is 14.2 Å². The molecule has 4 nitrogen and oxygen atoms in total. The summed E-state index contributed by atoms with van der Waals surface area (Å²) in [4.78, 5) is 6.91. The topological polar surface area (TPSA) is 34.6 Å². The molecule has 0 saturated carbocycles. The van der Waals surface area contributed by atoms with Gasteiger partial charge in [-0.15, -0.1) is 0 Å². The van der Waals surface area contributed by atoms with Gasteiger partial charge in [0.25, 0.3) is 0 Å². The van der Waals surface area contributed by atoms with E-state index in [-0.39, 0.29) is 18.3 Å². The van der Waals surface area contributed by atoms with Crippen LogP contribution >= 0.6 is 15.9 Å². The number of anilines is 1. The Bertz CT molecular complexity index is 528. The molecule has 6 heteroatoms. The molecule has 3 heterocycles. The maximum Gasteiger partial charge on any atom is 0.495 e. The van der Waals surface area contributed by atoms with Crippen molar-refractivity contribution in [3.05, 3.63) is 16.7 Å². The van der Waals surface area contributed by atoms with E-state index < -0.39 is 0 Å². The van der Waals surface area contributed by atoms with Crippen molar-refractivity contribution in [3.8, 4) is 0 Å². The van der Waals surface area contributed by atoms with Crippen LogP contribution in [0.3, 0.4) is 0 Å². The number of nitrogens with zero attached hydrogens (tertiary/aromatic N) is 2. The van der Waals surface area contributed by atoms with Crippen LogP contribution in [0.2, 0.25) is 0 Å². The largest absolute Gasteiger partial charge is 0.495 e. The maximum absolute atomic E-state index is 6.13. The SMILES string of the molecule is CC1(C)OB(c2cc(Br)nc(N3CCCC3)c2)OC1(C)C. The number of hydrogen-bond donors (Lipinski definition) is 0. The van der Waals surface area contributed by atoms with E-state index in [2.05, 4.69) is 59.6 Å². The predicted octanol–water partition coefficient (Wildman–Crippen LogP) is 2.74. The van der Waals surface area contributed by atoms with Crippen molar-refractivity contribution in [2.24, 2.45) is 0 Å². The minimum absolute atomic E-state index is 0.318. The van der Waals surface area contributed by atoms with Gasteiger partial charge >= 0.3 is 7.12 Å². The molecule has 2 saturated heterocycles. The monoisotopic (exact) mass is 352 g/mol. The Morgan fingerprint density at radius 1 is 1.10 bits per heavy atom. The highest BCUT2D eigenvalue weighted by Crippen LogP contribution is 2.36. The minimum Gasteiger partial charge on any atom is -0.399 e. The highest BCUT2D eigenvalue weighted by molar-refractivity contribution is 9.10. The third-order valence-electron chi connectivity index (χ3n) is 4.76. The molecule has 0 aliphatic carbocycles. The van der Waals surface area contributed by atoms with E-state index in [4.69, 9.17) is 9.31 Å². The lowest BCUT2D eigenvalue weighted by molar-refractivity contribution is 0.00578. The first-order chi connectivity index (χ1) is 9.78. The summed E-state index contributed by atoms with van der Waals surface area (Å²) in [6.07, 6.45) is 2.47. The molecule has 0 radical (unpaired) electrons. The Balaban J connectivity index is 1.89. The fourth-order valence-electron chi connectivity index (χ4n) is 2.73. The molecule has 0 amide bonds. The molecule has 21 heavy (non-hydrogen) atoms. The van der Waals surface area contributed by atoms with E-state index in [1.807, 2.05) is 6.07 Å². The molecule has 1 aromatic heterocycles. The quantitative estimate of drug-likeness (QED) is 0.605. The summed E-state index contributed by atoms with van der Waals surface area (Å²) in [5.74, 6) is 1.01. The zero-order chi connectivity index (χ0) is 15.3. The third kappa shape index (κ3) is 2.85. The normalized spacial score (nSPS) is 23.9. The van der Waals surface area contributed by atoms with E-state index in [0.717, 1.165) is 29.0 Å². The molecule has 3 rings (SSSR count). The summed E-state index contributed by atoms with van der Waals surface area (Å²) in [7, 11) is -0.337. The third-order valence-corrected chi connectivity index (χ3v) is 5.16. The van der Waals surface area contributed by atoms with E-state index in [0.29, 0.717) is 0 Å². The Morgan fingerprint density at radius 3 is 2.24 bits per heavy atom. The van der Waals surface area contributed by atoms with Gasteiger partial charge in [0.1, 0.15) is 10.4 Å². The van der Waals surface area contributed by atoms with E-state index in [1.54, 1.807) is 0 Å². The number of hydrogen-bond acceptors (Lipinski definition) is 4. The van der Waals surface area contributed by atoms with E-state index >= 15 is 0 Å². The van der Waals surface area contributed by atoms with Gasteiger partial charge in [0.15, 0.2) is 0 Å². The van der Waals surface area contributed by atoms with Crippen LogP contribution < -0.4 is 10.4 Å². The van der Waals surface area contributed by atoms with Crippen LogP contribution in [-0.4, -0.2) is 36.4 Å². The van der Waals surface area contributed by atoms with Gasteiger partial charge in [-0.25, -0.2) is 4.98 Å². The van der Waals surface area contributed by atoms with Gasteiger partial charge in [0, 0.05) is 13.1 Å². The molecule has 0 atom stereocenters. The summed E-state index contributed by atoms with van der Waals surface area (Å²) in [5, 5.41) is 0. The van der Waals surface area contributed by atoms with Crippen LogP contribution in [0.5, 0.6) is 0 Å². The molecule has 0 aromatic carbocycles. The predicted molar refractivity (Wildman–Crippen MR) is 89.1 cm³/mol. The first-order valence-corrected chi connectivity index (χ1v) is 8.36. The smallest absolute Gasteiger partial charge is 0.399 e. The van der Waals surface area contributed by atoms with Gasteiger partial charge in [0.2, 0.25) is 0 Å². The van der Waals surface area contributed by atoms with Gasteiger partial charge in [-0.3, -0.25) is 0 Å². The summed E-state index contributed by atoms with van der Waals surface area (Å²) >= 11 is 3.52. The van der Waals surface area contributed by atoms with Gasteiger partial charge in [-0.2, -0.15) is 0 Å². The molecule has 0 unspecified atom stereocenters. The minimum atomic E-state index is -0.337. The molecule has 0 spiro atoms. The summed E-state index contributed by atoms with van der Waals surface area (Å²) in [6, 6.07) is 4.08. The van der Waals surface area contributed by atoms with Crippen LogP contribution in [-0.2, 0) is 9.31 Å². The Labute approximate surface area is 135 Å². The van der Waals surface area contributed by atoms with Crippen molar-refractivity contribution in [3.63, 3.8) is 0 Å². The van der Waals surface area contributed by atoms with Crippen molar-refractivity contribution in [2.45, 2.75) is 51.7 Å². The zero-order valence-electron chi connectivity index (χ0n) is 13.1. The lowest BCUT2D eigenvalue weighted by Crippen LogP contribution is -2.41. The summed E-state index contributed by atoms with van der Waals surface area (Å²) < 4.78 is 13.1. The molecule has 2 fully saturated rings. The molecule has 2 aliphatic heterocycles. The lowest BCUT2D eigenvalue weighted by Gasteiger charge is -2.32. The van der Waals surface area contributed by atoms with Crippen LogP contribution in [0.25, 0.3) is 0 Å². The second-order valence-electron chi connectivity index (χ2n) is 6.86.